The summed E-state index contributed by atoms with van der Waals surface area (Å²) in [5, 5.41) is 2.79. The molecule has 0 heterocycles. The van der Waals surface area contributed by atoms with Gasteiger partial charge in [0.05, 0.1) is 24.2 Å². The van der Waals surface area contributed by atoms with Gasteiger partial charge in [0.15, 0.2) is 0 Å². The lowest BCUT2D eigenvalue weighted by Crippen LogP contribution is -2.16. The Labute approximate surface area is 202 Å². The molecule has 0 spiro atoms. The fourth-order valence-electron chi connectivity index (χ4n) is 2.85. The van der Waals surface area contributed by atoms with E-state index in [2.05, 4.69) is 26.0 Å². The molecule has 3 aromatic carbocycles. The lowest BCUT2D eigenvalue weighted by molar-refractivity contribution is 0.102. The van der Waals surface area contributed by atoms with E-state index in [0.29, 0.717) is 41.0 Å². The molecule has 9 heteroatoms. The molecule has 0 aliphatic rings. The molecule has 3 aromatic rings. The van der Waals surface area contributed by atoms with Gasteiger partial charge in [0.25, 0.3) is 15.9 Å². The quantitative estimate of drug-likeness (QED) is 0.377. The van der Waals surface area contributed by atoms with Crippen LogP contribution in [-0.4, -0.2) is 28.0 Å². The molecule has 0 radical (unpaired) electrons. The van der Waals surface area contributed by atoms with Gasteiger partial charge in [0.2, 0.25) is 0 Å². The number of sulfonamides is 1. The van der Waals surface area contributed by atoms with Crippen LogP contribution in [-0.2, 0) is 10.0 Å². The topological polar surface area (TPSA) is 93.7 Å². The monoisotopic (exact) mass is 532 g/mol. The molecule has 0 aromatic heterocycles. The Morgan fingerprint density at radius 3 is 2.21 bits per heavy atom. The molecule has 2 N–H and O–H groups in total. The molecule has 0 aliphatic carbocycles. The predicted octanol–water partition coefficient (Wildman–Crippen LogP) is 5.55. The van der Waals surface area contributed by atoms with E-state index in [0.717, 1.165) is 4.47 Å². The van der Waals surface area contributed by atoms with Crippen molar-refractivity contribution in [1.82, 2.24) is 0 Å². The molecular formula is C24H25BrN2O5S. The van der Waals surface area contributed by atoms with Crippen molar-refractivity contribution in [1.29, 1.82) is 0 Å². The Morgan fingerprint density at radius 1 is 0.970 bits per heavy atom. The molecule has 1 amide bonds. The second-order valence-corrected chi connectivity index (χ2v) is 10.3. The zero-order valence-corrected chi connectivity index (χ0v) is 20.9. The molecule has 0 unspecified atom stereocenters. The summed E-state index contributed by atoms with van der Waals surface area (Å²) in [6, 6.07) is 17.7. The van der Waals surface area contributed by atoms with Crippen LogP contribution in [0.5, 0.6) is 11.5 Å². The number of amides is 1. The number of carbonyl (C=O) groups is 1. The van der Waals surface area contributed by atoms with Gasteiger partial charge in [-0.1, -0.05) is 29.8 Å². The van der Waals surface area contributed by atoms with Crippen LogP contribution in [0.3, 0.4) is 0 Å². The highest BCUT2D eigenvalue weighted by molar-refractivity contribution is 9.10. The van der Waals surface area contributed by atoms with Crippen molar-refractivity contribution < 1.29 is 22.7 Å². The van der Waals surface area contributed by atoms with Gasteiger partial charge in [-0.3, -0.25) is 9.52 Å². The van der Waals surface area contributed by atoms with E-state index in [1.54, 1.807) is 36.4 Å². The zero-order valence-electron chi connectivity index (χ0n) is 18.5. The van der Waals surface area contributed by atoms with Crippen LogP contribution in [0, 0.1) is 5.92 Å². The Balaban J connectivity index is 1.72. The SMILES string of the molecule is COc1ccc(NS(=O)(=O)c2ccc(NC(=O)c3cc(Br)ccc3OCC(C)C)cc2)cc1. The summed E-state index contributed by atoms with van der Waals surface area (Å²) in [6.45, 7) is 4.53. The Bertz CT molecular complexity index is 1210. The third-order valence-electron chi connectivity index (χ3n) is 4.52. The molecule has 7 nitrogen and oxygen atoms in total. The highest BCUT2D eigenvalue weighted by Crippen LogP contribution is 2.26. The van der Waals surface area contributed by atoms with E-state index < -0.39 is 10.0 Å². The molecule has 174 valence electrons. The lowest BCUT2D eigenvalue weighted by Gasteiger charge is -2.14. The standard InChI is InChI=1S/C24H25BrN2O5S/c1-16(2)15-32-23-13-4-17(25)14-22(23)24(28)26-18-7-11-21(12-8-18)33(29,30)27-19-5-9-20(31-3)10-6-19/h4-14,16,27H,15H2,1-3H3,(H,26,28). The van der Waals surface area contributed by atoms with Crippen molar-refractivity contribution in [3.8, 4) is 11.5 Å². The van der Waals surface area contributed by atoms with Crippen LogP contribution in [0.1, 0.15) is 24.2 Å². The number of hydrogen-bond acceptors (Lipinski definition) is 5. The number of nitrogens with one attached hydrogen (secondary N) is 2. The number of carbonyl (C=O) groups excluding carboxylic acids is 1. The van der Waals surface area contributed by atoms with Gasteiger partial charge < -0.3 is 14.8 Å². The van der Waals surface area contributed by atoms with Crippen LogP contribution < -0.4 is 19.5 Å². The summed E-state index contributed by atoms with van der Waals surface area (Å²) in [5.74, 6) is 1.06. The molecule has 0 atom stereocenters. The Kier molecular flexibility index (Phi) is 7.99. The number of rotatable bonds is 9. The van der Waals surface area contributed by atoms with Crippen molar-refractivity contribution in [3.05, 3.63) is 76.8 Å². The second-order valence-electron chi connectivity index (χ2n) is 7.66. The maximum absolute atomic E-state index is 12.9. The number of benzene rings is 3. The predicted molar refractivity (Wildman–Crippen MR) is 133 cm³/mol. The molecule has 0 bridgehead atoms. The largest absolute Gasteiger partial charge is 0.497 e. The molecule has 3 rings (SSSR count). The first kappa shape index (κ1) is 24.6. The second kappa shape index (κ2) is 10.7. The van der Waals surface area contributed by atoms with Gasteiger partial charge >= 0.3 is 0 Å². The minimum absolute atomic E-state index is 0.0692. The molecule has 0 aliphatic heterocycles. The van der Waals surface area contributed by atoms with Crippen molar-refractivity contribution in [2.45, 2.75) is 18.7 Å². The molecule has 0 saturated carbocycles. The maximum Gasteiger partial charge on any atom is 0.261 e. The van der Waals surface area contributed by atoms with Crippen LogP contribution in [0.15, 0.2) is 76.1 Å². The summed E-state index contributed by atoms with van der Waals surface area (Å²) in [4.78, 5) is 12.9. The van der Waals surface area contributed by atoms with E-state index in [1.165, 1.54) is 31.4 Å². The zero-order chi connectivity index (χ0) is 24.0. The van der Waals surface area contributed by atoms with E-state index >= 15 is 0 Å². The molecular weight excluding hydrogens is 508 g/mol. The average molecular weight is 533 g/mol. The summed E-state index contributed by atoms with van der Waals surface area (Å²) >= 11 is 3.38. The van der Waals surface area contributed by atoms with Gasteiger partial charge in [-0.15, -0.1) is 0 Å². The van der Waals surface area contributed by atoms with Crippen molar-refractivity contribution in [2.75, 3.05) is 23.8 Å². The van der Waals surface area contributed by atoms with Gasteiger partial charge in [0, 0.05) is 15.8 Å². The third kappa shape index (κ3) is 6.72. The van der Waals surface area contributed by atoms with Crippen LogP contribution in [0.2, 0.25) is 0 Å². The van der Waals surface area contributed by atoms with Gasteiger partial charge in [-0.2, -0.15) is 0 Å². The molecule has 33 heavy (non-hydrogen) atoms. The molecule has 0 saturated heterocycles. The first-order valence-electron chi connectivity index (χ1n) is 10.2. The minimum Gasteiger partial charge on any atom is -0.497 e. The summed E-state index contributed by atoms with van der Waals surface area (Å²) in [5.41, 5.74) is 1.25. The van der Waals surface area contributed by atoms with E-state index in [4.69, 9.17) is 9.47 Å². The lowest BCUT2D eigenvalue weighted by atomic mass is 10.1. The van der Waals surface area contributed by atoms with E-state index in [1.807, 2.05) is 19.9 Å². The van der Waals surface area contributed by atoms with Crippen LogP contribution in [0.25, 0.3) is 0 Å². The summed E-state index contributed by atoms with van der Waals surface area (Å²) in [7, 11) is -2.25. The van der Waals surface area contributed by atoms with Crippen molar-refractivity contribution in [2.24, 2.45) is 5.92 Å². The highest BCUT2D eigenvalue weighted by Gasteiger charge is 2.17. The highest BCUT2D eigenvalue weighted by atomic mass is 79.9. The van der Waals surface area contributed by atoms with Crippen molar-refractivity contribution >= 4 is 43.2 Å². The van der Waals surface area contributed by atoms with Crippen LogP contribution in [0.4, 0.5) is 11.4 Å². The van der Waals surface area contributed by atoms with Crippen molar-refractivity contribution in [3.63, 3.8) is 0 Å². The Hall–Kier alpha value is -3.04. The average Bonchev–Trinajstić information content (AvgIpc) is 2.78. The third-order valence-corrected chi connectivity index (χ3v) is 6.41. The minimum atomic E-state index is -3.79. The van der Waals surface area contributed by atoms with Gasteiger partial charge in [0.1, 0.15) is 11.5 Å². The smallest absolute Gasteiger partial charge is 0.261 e. The first-order chi connectivity index (χ1) is 15.7. The van der Waals surface area contributed by atoms with Gasteiger partial charge in [-0.05, 0) is 72.6 Å². The fraction of sp³-hybridized carbons (Fsp3) is 0.208. The fourth-order valence-corrected chi connectivity index (χ4v) is 4.27. The number of hydrogen-bond donors (Lipinski definition) is 2. The number of methoxy groups -OCH3 is 1. The molecule has 0 fully saturated rings. The van der Waals surface area contributed by atoms with E-state index in [9.17, 15) is 13.2 Å². The number of halogens is 1. The summed E-state index contributed by atoms with van der Waals surface area (Å²) in [6.07, 6.45) is 0. The Morgan fingerprint density at radius 2 is 1.61 bits per heavy atom. The van der Waals surface area contributed by atoms with Gasteiger partial charge in [-0.25, -0.2) is 8.42 Å². The van der Waals surface area contributed by atoms with E-state index in [-0.39, 0.29) is 10.8 Å². The number of anilines is 2. The first-order valence-corrected chi connectivity index (χ1v) is 12.5. The number of ether oxygens (including phenoxy) is 2. The normalized spacial score (nSPS) is 11.2. The van der Waals surface area contributed by atoms with Crippen LogP contribution >= 0.6 is 15.9 Å². The summed E-state index contributed by atoms with van der Waals surface area (Å²) < 4.78 is 39.4. The maximum atomic E-state index is 12.9.